The molecule has 0 amide bonds. The van der Waals surface area contributed by atoms with Crippen LogP contribution >= 0.6 is 12.6 Å². The SMILES string of the molecule is COCCOc1ccc(S)cc1OC. The van der Waals surface area contributed by atoms with Gasteiger partial charge in [-0.25, -0.2) is 0 Å². The number of methoxy groups -OCH3 is 2. The van der Waals surface area contributed by atoms with E-state index >= 15 is 0 Å². The monoisotopic (exact) mass is 214 g/mol. The lowest BCUT2D eigenvalue weighted by molar-refractivity contribution is 0.144. The van der Waals surface area contributed by atoms with Gasteiger partial charge >= 0.3 is 0 Å². The predicted octanol–water partition coefficient (Wildman–Crippen LogP) is 2.01. The van der Waals surface area contributed by atoms with Crippen molar-refractivity contribution in [1.82, 2.24) is 0 Å². The molecule has 0 aliphatic carbocycles. The molecule has 0 heterocycles. The summed E-state index contributed by atoms with van der Waals surface area (Å²) in [6.45, 7) is 1.07. The third-order valence-corrected chi connectivity index (χ3v) is 1.97. The van der Waals surface area contributed by atoms with E-state index in [0.717, 1.165) is 4.90 Å². The van der Waals surface area contributed by atoms with Crippen LogP contribution in [0.2, 0.25) is 0 Å². The molecule has 0 aliphatic heterocycles. The summed E-state index contributed by atoms with van der Waals surface area (Å²) in [5, 5.41) is 0. The van der Waals surface area contributed by atoms with Crippen LogP contribution in [0.4, 0.5) is 0 Å². The van der Waals surface area contributed by atoms with Gasteiger partial charge in [0.15, 0.2) is 11.5 Å². The molecule has 1 aromatic rings. The number of thiol groups is 1. The second-order valence-corrected chi connectivity index (χ2v) is 3.19. The van der Waals surface area contributed by atoms with Gasteiger partial charge < -0.3 is 14.2 Å². The van der Waals surface area contributed by atoms with Crippen molar-refractivity contribution < 1.29 is 14.2 Å². The van der Waals surface area contributed by atoms with Crippen LogP contribution in [0.5, 0.6) is 11.5 Å². The standard InChI is InChI=1S/C10H14O3S/c1-11-5-6-13-9-4-3-8(14)7-10(9)12-2/h3-4,7,14H,5-6H2,1-2H3. The zero-order valence-electron chi connectivity index (χ0n) is 8.32. The normalized spacial score (nSPS) is 9.93. The van der Waals surface area contributed by atoms with Crippen LogP contribution in [-0.4, -0.2) is 27.4 Å². The summed E-state index contributed by atoms with van der Waals surface area (Å²) in [5.41, 5.74) is 0. The Labute approximate surface area is 89.4 Å². The molecule has 0 spiro atoms. The molecular formula is C10H14O3S. The first-order valence-electron chi connectivity index (χ1n) is 4.26. The van der Waals surface area contributed by atoms with Gasteiger partial charge in [0.2, 0.25) is 0 Å². The van der Waals surface area contributed by atoms with Gasteiger partial charge in [-0.1, -0.05) is 0 Å². The second kappa shape index (κ2) is 5.78. The lowest BCUT2D eigenvalue weighted by atomic mass is 10.3. The van der Waals surface area contributed by atoms with E-state index in [1.54, 1.807) is 14.2 Å². The third-order valence-electron chi connectivity index (χ3n) is 1.69. The Kier molecular flexibility index (Phi) is 4.62. The highest BCUT2D eigenvalue weighted by Gasteiger charge is 2.03. The number of hydrogen-bond acceptors (Lipinski definition) is 4. The first kappa shape index (κ1) is 11.2. The van der Waals surface area contributed by atoms with Crippen LogP contribution in [0.15, 0.2) is 23.1 Å². The molecule has 1 aromatic carbocycles. The Morgan fingerprint density at radius 2 is 1.93 bits per heavy atom. The van der Waals surface area contributed by atoms with Crippen molar-refractivity contribution in [2.75, 3.05) is 27.4 Å². The Hall–Kier alpha value is -0.870. The maximum absolute atomic E-state index is 5.44. The summed E-state index contributed by atoms with van der Waals surface area (Å²) in [5.74, 6) is 1.40. The highest BCUT2D eigenvalue weighted by atomic mass is 32.1. The molecule has 0 N–H and O–H groups in total. The maximum atomic E-state index is 5.44. The molecule has 0 unspecified atom stereocenters. The van der Waals surface area contributed by atoms with E-state index in [1.165, 1.54) is 0 Å². The number of hydrogen-bond donors (Lipinski definition) is 1. The van der Waals surface area contributed by atoms with Crippen LogP contribution in [0.3, 0.4) is 0 Å². The molecule has 0 saturated heterocycles. The summed E-state index contributed by atoms with van der Waals surface area (Å²) >= 11 is 4.20. The van der Waals surface area contributed by atoms with Crippen molar-refractivity contribution in [2.45, 2.75) is 4.90 Å². The lowest BCUT2D eigenvalue weighted by Crippen LogP contribution is -2.05. The van der Waals surface area contributed by atoms with Crippen molar-refractivity contribution >= 4 is 12.6 Å². The summed E-state index contributed by atoms with van der Waals surface area (Å²) in [4.78, 5) is 0.848. The van der Waals surface area contributed by atoms with Gasteiger partial charge in [0.25, 0.3) is 0 Å². The fourth-order valence-electron chi connectivity index (χ4n) is 1.01. The van der Waals surface area contributed by atoms with E-state index in [-0.39, 0.29) is 0 Å². The molecule has 78 valence electrons. The van der Waals surface area contributed by atoms with Gasteiger partial charge in [0.1, 0.15) is 6.61 Å². The Balaban J connectivity index is 2.65. The van der Waals surface area contributed by atoms with Gasteiger partial charge in [0, 0.05) is 12.0 Å². The maximum Gasteiger partial charge on any atom is 0.161 e. The van der Waals surface area contributed by atoms with Crippen molar-refractivity contribution in [3.63, 3.8) is 0 Å². The largest absolute Gasteiger partial charge is 0.493 e. The first-order chi connectivity index (χ1) is 6.77. The van der Waals surface area contributed by atoms with Crippen molar-refractivity contribution in [2.24, 2.45) is 0 Å². The van der Waals surface area contributed by atoms with Crippen LogP contribution in [0, 0.1) is 0 Å². The summed E-state index contributed by atoms with van der Waals surface area (Å²) in [6.07, 6.45) is 0. The molecule has 3 nitrogen and oxygen atoms in total. The van der Waals surface area contributed by atoms with Crippen LogP contribution in [0.25, 0.3) is 0 Å². The van der Waals surface area contributed by atoms with Gasteiger partial charge in [0.05, 0.1) is 13.7 Å². The average molecular weight is 214 g/mol. The van der Waals surface area contributed by atoms with Crippen LogP contribution in [-0.2, 0) is 4.74 Å². The minimum atomic E-state index is 0.513. The van der Waals surface area contributed by atoms with E-state index < -0.39 is 0 Å². The molecular weight excluding hydrogens is 200 g/mol. The van der Waals surface area contributed by atoms with Crippen molar-refractivity contribution in [1.29, 1.82) is 0 Å². The minimum absolute atomic E-state index is 0.513. The van der Waals surface area contributed by atoms with E-state index in [4.69, 9.17) is 14.2 Å². The van der Waals surface area contributed by atoms with Crippen LogP contribution < -0.4 is 9.47 Å². The molecule has 1 rings (SSSR count). The van der Waals surface area contributed by atoms with E-state index in [2.05, 4.69) is 12.6 Å². The molecule has 0 aliphatic rings. The van der Waals surface area contributed by atoms with Gasteiger partial charge in [-0.05, 0) is 18.2 Å². The summed E-state index contributed by atoms with van der Waals surface area (Å²) in [6, 6.07) is 5.50. The summed E-state index contributed by atoms with van der Waals surface area (Å²) in [7, 11) is 3.24. The highest BCUT2D eigenvalue weighted by molar-refractivity contribution is 7.80. The smallest absolute Gasteiger partial charge is 0.161 e. The Morgan fingerprint density at radius 1 is 1.14 bits per heavy atom. The topological polar surface area (TPSA) is 27.7 Å². The number of rotatable bonds is 5. The quantitative estimate of drug-likeness (QED) is 0.600. The fourth-order valence-corrected chi connectivity index (χ4v) is 1.20. The Morgan fingerprint density at radius 3 is 2.57 bits per heavy atom. The molecule has 0 bridgehead atoms. The molecule has 0 aromatic heterocycles. The van der Waals surface area contributed by atoms with Crippen molar-refractivity contribution in [3.8, 4) is 11.5 Å². The predicted molar refractivity (Wildman–Crippen MR) is 57.6 cm³/mol. The Bertz CT molecular complexity index is 289. The van der Waals surface area contributed by atoms with E-state index in [1.807, 2.05) is 18.2 Å². The second-order valence-electron chi connectivity index (χ2n) is 2.68. The zero-order chi connectivity index (χ0) is 10.4. The molecule has 0 atom stereocenters. The summed E-state index contributed by atoms with van der Waals surface area (Å²) < 4.78 is 15.5. The first-order valence-corrected chi connectivity index (χ1v) is 4.71. The number of benzene rings is 1. The number of ether oxygens (including phenoxy) is 3. The van der Waals surface area contributed by atoms with Gasteiger partial charge in [-0.15, -0.1) is 12.6 Å². The minimum Gasteiger partial charge on any atom is -0.493 e. The molecule has 14 heavy (non-hydrogen) atoms. The average Bonchev–Trinajstić information content (AvgIpc) is 2.20. The van der Waals surface area contributed by atoms with E-state index in [9.17, 15) is 0 Å². The lowest BCUT2D eigenvalue weighted by Gasteiger charge is -2.10. The van der Waals surface area contributed by atoms with E-state index in [0.29, 0.717) is 24.7 Å². The van der Waals surface area contributed by atoms with Crippen molar-refractivity contribution in [3.05, 3.63) is 18.2 Å². The van der Waals surface area contributed by atoms with Gasteiger partial charge in [-0.3, -0.25) is 0 Å². The molecule has 0 fully saturated rings. The zero-order valence-corrected chi connectivity index (χ0v) is 9.21. The molecule has 0 radical (unpaired) electrons. The van der Waals surface area contributed by atoms with Crippen LogP contribution in [0.1, 0.15) is 0 Å². The third kappa shape index (κ3) is 3.12. The highest BCUT2D eigenvalue weighted by Crippen LogP contribution is 2.29. The molecule has 0 saturated carbocycles. The molecule has 4 heteroatoms. The van der Waals surface area contributed by atoms with Gasteiger partial charge in [-0.2, -0.15) is 0 Å². The fraction of sp³-hybridized carbons (Fsp3) is 0.400.